The van der Waals surface area contributed by atoms with Gasteiger partial charge in [-0.1, -0.05) is 135 Å². The number of benzene rings is 4. The Kier molecular flexibility index (Phi) is 35.0. The van der Waals surface area contributed by atoms with Crippen LogP contribution in [0.5, 0.6) is 0 Å². The van der Waals surface area contributed by atoms with Crippen LogP contribution in [0.3, 0.4) is 0 Å². The molecule has 0 heterocycles. The van der Waals surface area contributed by atoms with Crippen LogP contribution >= 0.6 is 0 Å². The topological polar surface area (TPSA) is 366 Å². The Morgan fingerprint density at radius 2 is 0.825 bits per heavy atom. The highest BCUT2D eigenvalue weighted by Gasteiger charge is 2.32. The van der Waals surface area contributed by atoms with E-state index < -0.39 is 132 Å². The number of carbonyl (C=O) groups is 12. The Morgan fingerprint density at radius 1 is 0.392 bits per heavy atom. The monoisotopic (exact) mass is 1350 g/mol. The molecule has 0 spiro atoms. The maximum Gasteiger partial charge on any atom is 0.408 e. The van der Waals surface area contributed by atoms with Crippen molar-refractivity contribution in [1.82, 2.24) is 42.5 Å². The molecule has 5 unspecified atom stereocenters. The summed E-state index contributed by atoms with van der Waals surface area (Å²) in [5.41, 5.74) is 1.02. The van der Waals surface area contributed by atoms with Crippen molar-refractivity contribution in [3.63, 3.8) is 0 Å². The summed E-state index contributed by atoms with van der Waals surface area (Å²) in [4.78, 5) is 159. The molecule has 0 saturated heterocycles. The van der Waals surface area contributed by atoms with Crippen LogP contribution in [0.25, 0.3) is 0 Å². The summed E-state index contributed by atoms with van der Waals surface area (Å²) in [5, 5.41) is 20.5. The van der Waals surface area contributed by atoms with Gasteiger partial charge in [-0.2, -0.15) is 0 Å². The summed E-state index contributed by atoms with van der Waals surface area (Å²) in [7, 11) is 0. The van der Waals surface area contributed by atoms with Gasteiger partial charge in [0.15, 0.2) is 0 Å². The first kappa shape index (κ1) is 79.7. The summed E-state index contributed by atoms with van der Waals surface area (Å²) in [5.74, 6) is -8.24. The van der Waals surface area contributed by atoms with Crippen LogP contribution in [0, 0.1) is 5.92 Å². The zero-order chi connectivity index (χ0) is 71.2. The molecule has 97 heavy (non-hydrogen) atoms. The summed E-state index contributed by atoms with van der Waals surface area (Å²) in [6.45, 7) is 11.4. The lowest BCUT2D eigenvalue weighted by atomic mass is 10.0. The molecule has 528 valence electrons. The Morgan fingerprint density at radius 3 is 1.35 bits per heavy atom. The van der Waals surface area contributed by atoms with Crippen molar-refractivity contribution in [2.24, 2.45) is 5.92 Å². The Hall–Kier alpha value is -9.76. The number of rotatable bonds is 41. The van der Waals surface area contributed by atoms with Crippen molar-refractivity contribution in [2.75, 3.05) is 46.1 Å². The van der Waals surface area contributed by atoms with Crippen molar-refractivity contribution in [1.29, 1.82) is 0 Å². The van der Waals surface area contributed by atoms with Gasteiger partial charge in [-0.15, -0.1) is 0 Å². The van der Waals surface area contributed by atoms with Crippen LogP contribution in [0.1, 0.15) is 123 Å². The lowest BCUT2D eigenvalue weighted by Crippen LogP contribution is -2.56. The molecule has 8 N–H and O–H groups in total. The van der Waals surface area contributed by atoms with Crippen molar-refractivity contribution in [3.05, 3.63) is 144 Å². The van der Waals surface area contributed by atoms with Crippen LogP contribution < -0.4 is 42.5 Å². The molecule has 27 nitrogen and oxygen atoms in total. The van der Waals surface area contributed by atoms with Gasteiger partial charge in [-0.25, -0.2) is 14.4 Å². The molecule has 0 aliphatic carbocycles. The average molecular weight is 1350 g/mol. The number of hydrogen-bond acceptors (Lipinski definition) is 19. The first-order valence-corrected chi connectivity index (χ1v) is 32.1. The average Bonchev–Trinajstić information content (AvgIpc) is 1.00. The van der Waals surface area contributed by atoms with Crippen LogP contribution in [-0.4, -0.2) is 159 Å². The highest BCUT2D eigenvalue weighted by Crippen LogP contribution is 2.15. The number of carbonyl (C=O) groups excluding carboxylic acids is 12. The van der Waals surface area contributed by atoms with E-state index in [1.54, 1.807) is 151 Å². The molecule has 27 heteroatoms. The second kappa shape index (κ2) is 42.6. The van der Waals surface area contributed by atoms with Gasteiger partial charge in [0.1, 0.15) is 74.4 Å². The summed E-state index contributed by atoms with van der Waals surface area (Å²) >= 11 is 0. The fraction of sp³-hybridized carbons (Fsp3) is 0.486. The van der Waals surface area contributed by atoms with E-state index in [1.165, 1.54) is 0 Å². The summed E-state index contributed by atoms with van der Waals surface area (Å²) in [6, 6.07) is 29.0. The minimum absolute atomic E-state index is 0.00775. The number of hydrogen-bond donors (Lipinski definition) is 8. The van der Waals surface area contributed by atoms with Gasteiger partial charge >= 0.3 is 30.0 Å². The molecule has 4 rings (SSSR count). The van der Waals surface area contributed by atoms with Crippen LogP contribution in [0.2, 0.25) is 0 Å². The summed E-state index contributed by atoms with van der Waals surface area (Å²) < 4.78 is 38.1. The molecule has 0 saturated carbocycles. The highest BCUT2D eigenvalue weighted by atomic mass is 16.6. The standard InChI is InChI=1S/C70H94N8O19/c1-47(2)39-55(78-65(87)56(40-48-21-13-9-14-22-48)76-59(81)42-73-68(90)97-70(6,7)8)63(85)72-41-58(80)75-54(67(89)96-69(3,4)5)29-32-57(79)71-35-36-91-37-38-92-46-60(82)74-52(30-33-61(83)93-43-49-23-15-10-16-24-49)64(86)77-53(66(88)95-45-51-27-19-12-20-28-51)31-34-62(84)94-44-50-25-17-11-18-26-50/h9-28,47,52-56H,29-46H2,1-8H3,(H,71,79)(H,72,85)(H,73,90)(H,74,82)(H,75,80)(H,76,81)(H,77,86)(H,78,87). The second-order valence-corrected chi connectivity index (χ2v) is 24.9. The zero-order valence-corrected chi connectivity index (χ0v) is 56.5. The molecule has 0 aliphatic rings. The van der Waals surface area contributed by atoms with E-state index in [-0.39, 0.29) is 103 Å². The van der Waals surface area contributed by atoms with Gasteiger partial charge in [0.05, 0.1) is 26.4 Å². The van der Waals surface area contributed by atoms with Crippen molar-refractivity contribution in [2.45, 2.75) is 168 Å². The van der Waals surface area contributed by atoms with E-state index in [2.05, 4.69) is 42.5 Å². The number of ether oxygens (including phenoxy) is 7. The summed E-state index contributed by atoms with van der Waals surface area (Å²) in [6.07, 6.45) is -2.23. The third kappa shape index (κ3) is 35.5. The van der Waals surface area contributed by atoms with E-state index in [4.69, 9.17) is 33.2 Å². The maximum absolute atomic E-state index is 14.0. The van der Waals surface area contributed by atoms with Crippen molar-refractivity contribution >= 4 is 71.3 Å². The van der Waals surface area contributed by atoms with E-state index in [1.807, 2.05) is 26.0 Å². The predicted octanol–water partition coefficient (Wildman–Crippen LogP) is 4.40. The molecule has 0 bridgehead atoms. The minimum Gasteiger partial charge on any atom is -0.461 e. The smallest absolute Gasteiger partial charge is 0.408 e. The number of nitrogens with one attached hydrogen (secondary N) is 8. The Balaban J connectivity index is 1.27. The molecule has 0 fully saturated rings. The highest BCUT2D eigenvalue weighted by molar-refractivity contribution is 5.95. The normalized spacial score (nSPS) is 12.7. The van der Waals surface area contributed by atoms with Crippen LogP contribution in [0.4, 0.5) is 4.79 Å². The van der Waals surface area contributed by atoms with Crippen molar-refractivity contribution in [3.8, 4) is 0 Å². The molecule has 0 aliphatic heterocycles. The molecule has 0 radical (unpaired) electrons. The minimum atomic E-state index is -1.39. The fourth-order valence-electron chi connectivity index (χ4n) is 8.92. The molecule has 4 aromatic carbocycles. The van der Waals surface area contributed by atoms with Crippen LogP contribution in [-0.2, 0) is 112 Å². The molecular weight excluding hydrogens is 1260 g/mol. The van der Waals surface area contributed by atoms with Gasteiger partial charge < -0.3 is 75.7 Å². The number of esters is 4. The Bertz CT molecular complexity index is 3160. The maximum atomic E-state index is 14.0. The number of alkyl carbamates (subject to hydrolysis) is 1. The largest absolute Gasteiger partial charge is 0.461 e. The first-order valence-electron chi connectivity index (χ1n) is 32.1. The van der Waals surface area contributed by atoms with Gasteiger partial charge in [0.2, 0.25) is 41.4 Å². The molecule has 0 aromatic heterocycles. The predicted molar refractivity (Wildman–Crippen MR) is 353 cm³/mol. The van der Waals surface area contributed by atoms with E-state index in [0.717, 1.165) is 11.1 Å². The number of amides is 8. The van der Waals surface area contributed by atoms with Crippen molar-refractivity contribution < 1.29 is 90.7 Å². The molecule has 4 aromatic rings. The lowest BCUT2D eigenvalue weighted by molar-refractivity contribution is -0.159. The van der Waals surface area contributed by atoms with Gasteiger partial charge in [0, 0.05) is 32.2 Å². The Labute approximate surface area is 566 Å². The lowest BCUT2D eigenvalue weighted by Gasteiger charge is -2.25. The fourth-order valence-corrected chi connectivity index (χ4v) is 8.92. The molecule has 8 amide bonds. The third-order valence-electron chi connectivity index (χ3n) is 13.6. The van der Waals surface area contributed by atoms with Crippen LogP contribution in [0.15, 0.2) is 121 Å². The van der Waals surface area contributed by atoms with Gasteiger partial charge in [0.25, 0.3) is 0 Å². The molecule has 5 atom stereocenters. The first-order chi connectivity index (χ1) is 46.1. The third-order valence-corrected chi connectivity index (χ3v) is 13.6. The SMILES string of the molecule is CC(C)CC(NC(=O)C(Cc1ccccc1)NC(=O)CNC(=O)OC(C)(C)C)C(=O)NCC(=O)NC(CCC(=O)NCCOCCOCC(=O)NC(CCC(=O)OCc1ccccc1)C(=O)NC(CCC(=O)OCc1ccccc1)C(=O)OCc1ccccc1)C(=O)OC(C)(C)C. The second-order valence-electron chi connectivity index (χ2n) is 24.9. The zero-order valence-electron chi connectivity index (χ0n) is 56.5. The quantitative estimate of drug-likeness (QED) is 0.0173. The van der Waals surface area contributed by atoms with E-state index >= 15 is 0 Å². The molecular formula is C70H94N8O19. The van der Waals surface area contributed by atoms with Gasteiger partial charge in [-0.05, 0) is 95.4 Å². The van der Waals surface area contributed by atoms with Gasteiger partial charge in [-0.3, -0.25) is 43.2 Å². The van der Waals surface area contributed by atoms with E-state index in [9.17, 15) is 57.5 Å². The van der Waals surface area contributed by atoms with E-state index in [0.29, 0.717) is 11.1 Å².